The molecule has 0 fully saturated rings. The Kier molecular flexibility index (Phi) is 3.14. The Labute approximate surface area is 70.4 Å². The number of hydrogen-bond donors (Lipinski definition) is 0. The third-order valence-electron chi connectivity index (χ3n) is 1.87. The van der Waals surface area contributed by atoms with Gasteiger partial charge in [0.05, 0.1) is 8.81 Å². The van der Waals surface area contributed by atoms with Crippen molar-refractivity contribution in [3.8, 4) is 0 Å². The van der Waals surface area contributed by atoms with Crippen molar-refractivity contribution in [3.05, 3.63) is 23.5 Å². The Morgan fingerprint density at radius 2 is 2.27 bits per heavy atom. The Bertz CT molecular complexity index is 194. The lowest BCUT2D eigenvalue weighted by Crippen LogP contribution is -2.04. The van der Waals surface area contributed by atoms with Gasteiger partial charge in [-0.05, 0) is 26.1 Å². The van der Waals surface area contributed by atoms with E-state index in [9.17, 15) is 0 Å². The van der Waals surface area contributed by atoms with Crippen molar-refractivity contribution in [2.45, 2.75) is 20.3 Å². The highest BCUT2D eigenvalue weighted by Gasteiger charge is 2.13. The van der Waals surface area contributed by atoms with Gasteiger partial charge in [0, 0.05) is 5.92 Å². The summed E-state index contributed by atoms with van der Waals surface area (Å²) in [5.74, 6) is 1.73. The molecule has 1 rings (SSSR count). The maximum atomic E-state index is 5.49. The van der Waals surface area contributed by atoms with E-state index in [1.807, 2.05) is 0 Å². The zero-order chi connectivity index (χ0) is 8.27. The van der Waals surface area contributed by atoms with Crippen LogP contribution in [0.1, 0.15) is 20.3 Å². The minimum Gasteiger partial charge on any atom is -0.482 e. The zero-order valence-electron chi connectivity index (χ0n) is 7.35. The second kappa shape index (κ2) is 3.92. The van der Waals surface area contributed by atoms with Gasteiger partial charge < -0.3 is 4.52 Å². The molecule has 2 heteroatoms. The molecule has 0 aliphatic heterocycles. The van der Waals surface area contributed by atoms with E-state index < -0.39 is 0 Å². The van der Waals surface area contributed by atoms with Gasteiger partial charge in [-0.1, -0.05) is 18.6 Å². The summed E-state index contributed by atoms with van der Waals surface area (Å²) >= 11 is 0. The maximum absolute atomic E-state index is 5.49. The first kappa shape index (κ1) is 8.80. The number of hydrogen-bond acceptors (Lipinski definition) is 1. The average Bonchev–Trinajstić information content (AvgIpc) is 1.95. The van der Waals surface area contributed by atoms with Crippen molar-refractivity contribution in [1.82, 2.24) is 0 Å². The van der Waals surface area contributed by atoms with Gasteiger partial charge >= 0.3 is 0 Å². The maximum Gasteiger partial charge on any atom is 0.103 e. The third-order valence-corrected chi connectivity index (χ3v) is 2.31. The standard InChI is InChI=1S/C9H15OP/c1-7-4-5-9(10-11-3)8(2)6-7/h4-5,8,11H,6H2,1-3H3. The summed E-state index contributed by atoms with van der Waals surface area (Å²) in [5.41, 5.74) is 1.45. The molecule has 11 heavy (non-hydrogen) atoms. The van der Waals surface area contributed by atoms with Gasteiger partial charge in [0.25, 0.3) is 0 Å². The molecule has 0 saturated carbocycles. The van der Waals surface area contributed by atoms with E-state index in [1.165, 1.54) is 5.57 Å². The number of rotatable bonds is 2. The van der Waals surface area contributed by atoms with Crippen LogP contribution in [0, 0.1) is 5.92 Å². The summed E-state index contributed by atoms with van der Waals surface area (Å²) in [5, 5.41) is 0. The Morgan fingerprint density at radius 3 is 2.82 bits per heavy atom. The van der Waals surface area contributed by atoms with Gasteiger partial charge in [-0.3, -0.25) is 0 Å². The second-order valence-corrected chi connectivity index (χ2v) is 3.61. The van der Waals surface area contributed by atoms with Crippen molar-refractivity contribution in [2.24, 2.45) is 5.92 Å². The molecule has 0 spiro atoms. The Morgan fingerprint density at radius 1 is 1.55 bits per heavy atom. The number of allylic oxidation sites excluding steroid dienone is 4. The molecule has 1 aliphatic rings. The smallest absolute Gasteiger partial charge is 0.103 e. The van der Waals surface area contributed by atoms with E-state index in [0.717, 1.165) is 12.2 Å². The van der Waals surface area contributed by atoms with Gasteiger partial charge in [0.15, 0.2) is 0 Å². The Hall–Kier alpha value is -0.290. The molecule has 2 atom stereocenters. The van der Waals surface area contributed by atoms with Gasteiger partial charge in [0.1, 0.15) is 5.76 Å². The quantitative estimate of drug-likeness (QED) is 0.578. The van der Waals surface area contributed by atoms with E-state index in [0.29, 0.717) is 14.7 Å². The summed E-state index contributed by atoms with van der Waals surface area (Å²) in [6, 6.07) is 0. The average molecular weight is 170 g/mol. The molecule has 0 amide bonds. The van der Waals surface area contributed by atoms with Crippen LogP contribution < -0.4 is 0 Å². The molecule has 1 nitrogen and oxygen atoms in total. The molecule has 62 valence electrons. The van der Waals surface area contributed by atoms with Gasteiger partial charge in [-0.2, -0.15) is 0 Å². The van der Waals surface area contributed by atoms with Crippen molar-refractivity contribution in [1.29, 1.82) is 0 Å². The van der Waals surface area contributed by atoms with E-state index in [-0.39, 0.29) is 0 Å². The van der Waals surface area contributed by atoms with Crippen LogP contribution in [0.3, 0.4) is 0 Å². The predicted molar refractivity (Wildman–Crippen MR) is 50.9 cm³/mol. The van der Waals surface area contributed by atoms with Crippen molar-refractivity contribution < 1.29 is 4.52 Å². The first-order valence-electron chi connectivity index (χ1n) is 3.95. The summed E-state index contributed by atoms with van der Waals surface area (Å²) in [6.07, 6.45) is 5.39. The minimum absolute atomic E-state index is 0.569. The Balaban J connectivity index is 2.62. The minimum atomic E-state index is 0.569. The van der Waals surface area contributed by atoms with Crippen LogP contribution in [0.15, 0.2) is 23.5 Å². The zero-order valence-corrected chi connectivity index (χ0v) is 8.35. The van der Waals surface area contributed by atoms with Crippen LogP contribution in [0.2, 0.25) is 0 Å². The SMILES string of the molecule is CPOC1=CC=C(C)CC1C. The van der Waals surface area contributed by atoms with Crippen LogP contribution in [0.5, 0.6) is 0 Å². The normalized spacial score (nSPS) is 25.2. The second-order valence-electron chi connectivity index (χ2n) is 2.99. The lowest BCUT2D eigenvalue weighted by atomic mass is 9.95. The van der Waals surface area contributed by atoms with Gasteiger partial charge in [-0.15, -0.1) is 0 Å². The monoisotopic (exact) mass is 170 g/mol. The fraction of sp³-hybridized carbons (Fsp3) is 0.556. The fourth-order valence-electron chi connectivity index (χ4n) is 1.29. The topological polar surface area (TPSA) is 9.23 Å². The van der Waals surface area contributed by atoms with E-state index in [1.54, 1.807) is 0 Å². The molecule has 0 aromatic heterocycles. The fourth-order valence-corrected chi connectivity index (χ4v) is 1.80. The predicted octanol–water partition coefficient (Wildman–Crippen LogP) is 3.10. The van der Waals surface area contributed by atoms with Crippen LogP contribution in [-0.2, 0) is 4.52 Å². The highest BCUT2D eigenvalue weighted by Crippen LogP contribution is 2.28. The van der Waals surface area contributed by atoms with Gasteiger partial charge in [-0.25, -0.2) is 0 Å². The molecule has 0 aromatic carbocycles. The van der Waals surface area contributed by atoms with E-state index in [4.69, 9.17) is 4.52 Å². The lowest BCUT2D eigenvalue weighted by molar-refractivity contribution is 0.393. The first-order valence-corrected chi connectivity index (χ1v) is 5.36. The highest BCUT2D eigenvalue weighted by molar-refractivity contribution is 7.31. The molecule has 2 unspecified atom stereocenters. The van der Waals surface area contributed by atoms with E-state index in [2.05, 4.69) is 32.7 Å². The van der Waals surface area contributed by atoms with Crippen LogP contribution in [0.25, 0.3) is 0 Å². The molecule has 0 bridgehead atoms. The molecular formula is C9H15OP. The van der Waals surface area contributed by atoms with Gasteiger partial charge in [0.2, 0.25) is 0 Å². The summed E-state index contributed by atoms with van der Waals surface area (Å²) < 4.78 is 5.49. The molecule has 1 aliphatic carbocycles. The van der Waals surface area contributed by atoms with Crippen molar-refractivity contribution in [2.75, 3.05) is 6.66 Å². The van der Waals surface area contributed by atoms with Crippen LogP contribution in [0.4, 0.5) is 0 Å². The molecule has 0 heterocycles. The summed E-state index contributed by atoms with van der Waals surface area (Å²) in [6.45, 7) is 6.43. The van der Waals surface area contributed by atoms with Crippen LogP contribution in [-0.4, -0.2) is 6.66 Å². The molecule has 0 aromatic rings. The largest absolute Gasteiger partial charge is 0.482 e. The molecule has 0 saturated heterocycles. The van der Waals surface area contributed by atoms with Crippen molar-refractivity contribution >= 4 is 8.81 Å². The molecule has 0 radical (unpaired) electrons. The lowest BCUT2D eigenvalue weighted by Gasteiger charge is -2.19. The summed E-state index contributed by atoms with van der Waals surface area (Å²) in [7, 11) is 0.569. The highest BCUT2D eigenvalue weighted by atomic mass is 31.1. The molecular weight excluding hydrogens is 155 g/mol. The van der Waals surface area contributed by atoms with Crippen LogP contribution >= 0.6 is 8.81 Å². The third kappa shape index (κ3) is 2.34. The molecule has 0 N–H and O–H groups in total. The summed E-state index contributed by atoms with van der Waals surface area (Å²) in [4.78, 5) is 0. The van der Waals surface area contributed by atoms with Crippen molar-refractivity contribution in [3.63, 3.8) is 0 Å². The first-order chi connectivity index (χ1) is 5.24. The van der Waals surface area contributed by atoms with E-state index >= 15 is 0 Å².